The largest absolute Gasteiger partial charge is 0.433 e. The maximum absolute atomic E-state index is 13.5. The molecule has 0 spiro atoms. The number of anilines is 4. The lowest BCUT2D eigenvalue weighted by atomic mass is 10.1. The van der Waals surface area contributed by atoms with E-state index >= 15 is 0 Å². The zero-order valence-corrected chi connectivity index (χ0v) is 18.7. The summed E-state index contributed by atoms with van der Waals surface area (Å²) in [5.74, 6) is 0.558. The molecule has 0 fully saturated rings. The van der Waals surface area contributed by atoms with Crippen LogP contribution in [0, 0.1) is 0 Å². The number of hydrogen-bond acceptors (Lipinski definition) is 7. The SMILES string of the molecule is CN(C)c1nc2c(c(Nc3ccc(C(F)(F)F)nc3)n1)CCN(c1ncccc1C(F)(F)F)CC2. The van der Waals surface area contributed by atoms with Crippen LogP contribution in [0.15, 0.2) is 36.7 Å². The van der Waals surface area contributed by atoms with Crippen molar-refractivity contribution < 1.29 is 26.3 Å². The van der Waals surface area contributed by atoms with E-state index in [1.165, 1.54) is 18.3 Å². The molecule has 0 saturated heterocycles. The van der Waals surface area contributed by atoms with Crippen LogP contribution in [0.2, 0.25) is 0 Å². The van der Waals surface area contributed by atoms with E-state index in [0.29, 0.717) is 35.9 Å². The highest BCUT2D eigenvalue weighted by Crippen LogP contribution is 2.36. The summed E-state index contributed by atoms with van der Waals surface area (Å²) in [6.07, 6.45) is -6.12. The number of alkyl halides is 6. The second-order valence-electron chi connectivity index (χ2n) is 8.11. The molecule has 4 heterocycles. The Morgan fingerprint density at radius 2 is 1.66 bits per heavy atom. The first-order valence-electron chi connectivity index (χ1n) is 10.6. The van der Waals surface area contributed by atoms with Gasteiger partial charge in [0.1, 0.15) is 17.3 Å². The standard InChI is InChI=1S/C22H21F6N7/c1-34(2)20-32-16-8-11-35(19-15(21(23,24)25)4-3-9-29-19)10-7-14(16)18(33-20)31-13-5-6-17(30-12-13)22(26,27)28/h3-6,9,12H,7-8,10-11H2,1-2H3,(H,31,32,33). The molecule has 0 radical (unpaired) electrons. The summed E-state index contributed by atoms with van der Waals surface area (Å²) in [5.41, 5.74) is -0.250. The van der Waals surface area contributed by atoms with Crippen LogP contribution in [0.25, 0.3) is 0 Å². The lowest BCUT2D eigenvalue weighted by Gasteiger charge is -2.24. The number of nitrogens with zero attached hydrogens (tertiary/aromatic N) is 6. The maximum atomic E-state index is 13.5. The predicted molar refractivity (Wildman–Crippen MR) is 118 cm³/mol. The van der Waals surface area contributed by atoms with Gasteiger partial charge >= 0.3 is 12.4 Å². The average Bonchev–Trinajstić information content (AvgIpc) is 3.01. The fourth-order valence-corrected chi connectivity index (χ4v) is 3.74. The second-order valence-corrected chi connectivity index (χ2v) is 8.11. The topological polar surface area (TPSA) is 70.1 Å². The van der Waals surface area contributed by atoms with Gasteiger partial charge in [0.15, 0.2) is 0 Å². The number of pyridine rings is 2. The Labute approximate surface area is 196 Å². The zero-order chi connectivity index (χ0) is 25.4. The van der Waals surface area contributed by atoms with Crippen molar-refractivity contribution >= 4 is 23.3 Å². The Morgan fingerprint density at radius 1 is 0.914 bits per heavy atom. The molecular weight excluding hydrogens is 476 g/mol. The van der Waals surface area contributed by atoms with Gasteiger partial charge in [-0.2, -0.15) is 31.3 Å². The monoisotopic (exact) mass is 497 g/mol. The summed E-state index contributed by atoms with van der Waals surface area (Å²) in [6, 6.07) is 4.34. The minimum Gasteiger partial charge on any atom is -0.355 e. The second kappa shape index (κ2) is 9.19. The molecule has 13 heteroatoms. The zero-order valence-electron chi connectivity index (χ0n) is 18.7. The Balaban J connectivity index is 1.66. The van der Waals surface area contributed by atoms with Crippen molar-refractivity contribution in [2.45, 2.75) is 25.2 Å². The van der Waals surface area contributed by atoms with Crippen LogP contribution >= 0.6 is 0 Å². The number of nitrogens with one attached hydrogen (secondary N) is 1. The fourth-order valence-electron chi connectivity index (χ4n) is 3.74. The van der Waals surface area contributed by atoms with E-state index in [0.717, 1.165) is 18.3 Å². The van der Waals surface area contributed by atoms with Gasteiger partial charge in [-0.25, -0.2) is 15.0 Å². The molecule has 1 aliphatic rings. The lowest BCUT2D eigenvalue weighted by molar-refractivity contribution is -0.141. The van der Waals surface area contributed by atoms with Crippen LogP contribution in [-0.4, -0.2) is 47.1 Å². The minimum atomic E-state index is -4.56. The van der Waals surface area contributed by atoms with E-state index in [9.17, 15) is 26.3 Å². The number of fused-ring (bicyclic) bond motifs is 1. The third kappa shape index (κ3) is 5.38. The molecule has 0 saturated carbocycles. The average molecular weight is 497 g/mol. The van der Waals surface area contributed by atoms with Crippen LogP contribution in [0.4, 0.5) is 49.6 Å². The van der Waals surface area contributed by atoms with Crippen molar-refractivity contribution in [3.05, 3.63) is 59.2 Å². The first-order chi connectivity index (χ1) is 16.4. The molecule has 3 aromatic heterocycles. The van der Waals surface area contributed by atoms with Crippen LogP contribution in [0.1, 0.15) is 22.5 Å². The molecule has 3 aromatic rings. The van der Waals surface area contributed by atoms with Crippen molar-refractivity contribution in [2.75, 3.05) is 42.3 Å². The number of aromatic nitrogens is 4. The van der Waals surface area contributed by atoms with Crippen molar-refractivity contribution in [3.8, 4) is 0 Å². The Bertz CT molecular complexity index is 1190. The number of hydrogen-bond donors (Lipinski definition) is 1. The summed E-state index contributed by atoms with van der Waals surface area (Å²) < 4.78 is 79.2. The van der Waals surface area contributed by atoms with Crippen molar-refractivity contribution in [2.24, 2.45) is 0 Å². The van der Waals surface area contributed by atoms with Crippen molar-refractivity contribution in [1.29, 1.82) is 0 Å². The first kappa shape index (κ1) is 24.5. The molecule has 0 amide bonds. The molecule has 4 rings (SSSR count). The third-order valence-electron chi connectivity index (χ3n) is 5.44. The van der Waals surface area contributed by atoms with Gasteiger partial charge in [0.2, 0.25) is 5.95 Å². The highest BCUT2D eigenvalue weighted by molar-refractivity contribution is 5.62. The first-order valence-corrected chi connectivity index (χ1v) is 10.6. The van der Waals surface area contributed by atoms with Gasteiger partial charge in [0, 0.05) is 45.4 Å². The predicted octanol–water partition coefficient (Wildman–Crippen LogP) is 4.72. The number of halogens is 6. The fraction of sp³-hybridized carbons (Fsp3) is 0.364. The summed E-state index contributed by atoms with van der Waals surface area (Å²) in [6.45, 7) is 0.468. The van der Waals surface area contributed by atoms with E-state index in [-0.39, 0.29) is 24.6 Å². The molecular formula is C22H21F6N7. The normalized spacial score (nSPS) is 14.3. The maximum Gasteiger partial charge on any atom is 0.433 e. The highest BCUT2D eigenvalue weighted by atomic mass is 19.4. The van der Waals surface area contributed by atoms with E-state index in [1.807, 2.05) is 0 Å². The molecule has 7 nitrogen and oxygen atoms in total. The van der Waals surface area contributed by atoms with Crippen LogP contribution in [0.5, 0.6) is 0 Å². The molecule has 0 aromatic carbocycles. The lowest BCUT2D eigenvalue weighted by Crippen LogP contribution is -2.29. The molecule has 0 aliphatic carbocycles. The van der Waals surface area contributed by atoms with Gasteiger partial charge in [0.05, 0.1) is 23.1 Å². The molecule has 186 valence electrons. The highest BCUT2D eigenvalue weighted by Gasteiger charge is 2.36. The Morgan fingerprint density at radius 3 is 2.29 bits per heavy atom. The van der Waals surface area contributed by atoms with Crippen molar-refractivity contribution in [1.82, 2.24) is 19.9 Å². The molecule has 0 unspecified atom stereocenters. The van der Waals surface area contributed by atoms with E-state index in [4.69, 9.17) is 0 Å². The summed E-state index contributed by atoms with van der Waals surface area (Å²) in [5, 5.41) is 3.00. The molecule has 1 N–H and O–H groups in total. The van der Waals surface area contributed by atoms with E-state index in [1.54, 1.807) is 23.9 Å². The Hall–Kier alpha value is -3.64. The van der Waals surface area contributed by atoms with Crippen LogP contribution in [-0.2, 0) is 25.2 Å². The van der Waals surface area contributed by atoms with Gasteiger partial charge in [-0.1, -0.05) is 0 Å². The van der Waals surface area contributed by atoms with Crippen LogP contribution < -0.4 is 15.1 Å². The van der Waals surface area contributed by atoms with Gasteiger partial charge < -0.3 is 15.1 Å². The minimum absolute atomic E-state index is 0.157. The number of rotatable bonds is 4. The molecule has 35 heavy (non-hydrogen) atoms. The smallest absolute Gasteiger partial charge is 0.355 e. The molecule has 0 bridgehead atoms. The summed E-state index contributed by atoms with van der Waals surface area (Å²) in [7, 11) is 3.47. The van der Waals surface area contributed by atoms with E-state index in [2.05, 4.69) is 25.3 Å². The summed E-state index contributed by atoms with van der Waals surface area (Å²) in [4.78, 5) is 19.7. The molecule has 1 aliphatic heterocycles. The van der Waals surface area contributed by atoms with Gasteiger partial charge in [0.25, 0.3) is 0 Å². The van der Waals surface area contributed by atoms with Gasteiger partial charge in [-0.05, 0) is 30.7 Å². The Kier molecular flexibility index (Phi) is 6.43. The van der Waals surface area contributed by atoms with Crippen LogP contribution in [0.3, 0.4) is 0 Å². The molecule has 0 atom stereocenters. The third-order valence-corrected chi connectivity index (χ3v) is 5.44. The summed E-state index contributed by atoms with van der Waals surface area (Å²) >= 11 is 0. The van der Waals surface area contributed by atoms with Gasteiger partial charge in [-0.15, -0.1) is 0 Å². The van der Waals surface area contributed by atoms with E-state index < -0.39 is 23.6 Å². The quantitative estimate of drug-likeness (QED) is 0.523. The van der Waals surface area contributed by atoms with Gasteiger partial charge in [-0.3, -0.25) is 0 Å². The van der Waals surface area contributed by atoms with Crippen molar-refractivity contribution in [3.63, 3.8) is 0 Å².